The number of fused-ring (bicyclic) bond motifs is 2. The number of anilines is 1. The second-order valence-corrected chi connectivity index (χ2v) is 6.43. The van der Waals surface area contributed by atoms with E-state index in [1.165, 1.54) is 10.9 Å². The molecule has 0 saturated heterocycles. The van der Waals surface area contributed by atoms with Gasteiger partial charge in [-0.25, -0.2) is 18.9 Å². The van der Waals surface area contributed by atoms with Crippen LogP contribution >= 0.6 is 15.9 Å². The SMILES string of the molecule is Cn1nc2n(c1=O)CCN(c1ncc(F)c3cc(Br)ccc13)C2. The topological polar surface area (TPSA) is 56.0 Å². The van der Waals surface area contributed by atoms with Crippen LogP contribution in [-0.2, 0) is 20.1 Å². The first-order valence-electron chi connectivity index (χ1n) is 7.16. The number of nitrogens with zero attached hydrogens (tertiary/aromatic N) is 5. The fourth-order valence-corrected chi connectivity index (χ4v) is 3.33. The maximum atomic E-state index is 14.0. The number of rotatable bonds is 1. The third-order valence-electron chi connectivity index (χ3n) is 4.09. The van der Waals surface area contributed by atoms with Crippen LogP contribution in [0, 0.1) is 5.82 Å². The van der Waals surface area contributed by atoms with Gasteiger partial charge in [-0.05, 0) is 18.2 Å². The predicted molar refractivity (Wildman–Crippen MR) is 87.9 cm³/mol. The van der Waals surface area contributed by atoms with E-state index in [9.17, 15) is 9.18 Å². The van der Waals surface area contributed by atoms with Crippen molar-refractivity contribution in [1.82, 2.24) is 19.3 Å². The second kappa shape index (κ2) is 5.16. The molecule has 1 aliphatic rings. The summed E-state index contributed by atoms with van der Waals surface area (Å²) in [6, 6.07) is 5.47. The zero-order valence-corrected chi connectivity index (χ0v) is 13.9. The minimum atomic E-state index is -0.350. The molecule has 3 aromatic rings. The minimum Gasteiger partial charge on any atom is -0.347 e. The molecule has 0 amide bonds. The van der Waals surface area contributed by atoms with Crippen LogP contribution in [0.25, 0.3) is 10.8 Å². The van der Waals surface area contributed by atoms with Crippen LogP contribution in [0.2, 0.25) is 0 Å². The molecule has 1 aliphatic heterocycles. The molecule has 0 fully saturated rings. The number of benzene rings is 1. The first kappa shape index (κ1) is 14.4. The van der Waals surface area contributed by atoms with Gasteiger partial charge in [0, 0.05) is 35.4 Å². The number of aromatic nitrogens is 4. The van der Waals surface area contributed by atoms with Crippen molar-refractivity contribution in [2.75, 3.05) is 11.4 Å². The highest BCUT2D eigenvalue weighted by Gasteiger charge is 2.23. The summed E-state index contributed by atoms with van der Waals surface area (Å²) >= 11 is 3.37. The number of pyridine rings is 1. The summed E-state index contributed by atoms with van der Waals surface area (Å²) in [4.78, 5) is 18.2. The maximum absolute atomic E-state index is 14.0. The second-order valence-electron chi connectivity index (χ2n) is 5.52. The van der Waals surface area contributed by atoms with Crippen molar-refractivity contribution < 1.29 is 4.39 Å². The molecule has 0 N–H and O–H groups in total. The Hall–Kier alpha value is -2.22. The smallest absolute Gasteiger partial charge is 0.345 e. The molecule has 118 valence electrons. The van der Waals surface area contributed by atoms with Crippen molar-refractivity contribution in [3.63, 3.8) is 0 Å². The molecule has 6 nitrogen and oxygen atoms in total. The molecule has 0 saturated carbocycles. The Kier molecular flexibility index (Phi) is 3.22. The van der Waals surface area contributed by atoms with Crippen LogP contribution < -0.4 is 10.6 Å². The van der Waals surface area contributed by atoms with Crippen LogP contribution in [0.15, 0.2) is 33.7 Å². The van der Waals surface area contributed by atoms with Crippen LogP contribution in [0.4, 0.5) is 10.2 Å². The van der Waals surface area contributed by atoms with Gasteiger partial charge in [-0.2, -0.15) is 5.10 Å². The van der Waals surface area contributed by atoms with Gasteiger partial charge in [0.05, 0.1) is 12.7 Å². The van der Waals surface area contributed by atoms with Gasteiger partial charge >= 0.3 is 5.69 Å². The summed E-state index contributed by atoms with van der Waals surface area (Å²) in [6.45, 7) is 1.64. The van der Waals surface area contributed by atoms with E-state index in [4.69, 9.17) is 0 Å². The Labute approximate surface area is 139 Å². The summed E-state index contributed by atoms with van der Waals surface area (Å²) in [5.74, 6) is 1.05. The van der Waals surface area contributed by atoms with Crippen molar-refractivity contribution in [3.8, 4) is 0 Å². The van der Waals surface area contributed by atoms with E-state index in [-0.39, 0.29) is 11.5 Å². The summed E-state index contributed by atoms with van der Waals surface area (Å²) in [5.41, 5.74) is -0.111. The predicted octanol–water partition coefficient (Wildman–Crippen LogP) is 2.05. The molecule has 0 bridgehead atoms. The fraction of sp³-hybridized carbons (Fsp3) is 0.267. The van der Waals surface area contributed by atoms with Crippen LogP contribution in [-0.4, -0.2) is 25.9 Å². The molecule has 0 radical (unpaired) electrons. The number of halogens is 2. The highest BCUT2D eigenvalue weighted by Crippen LogP contribution is 2.30. The average Bonchev–Trinajstić information content (AvgIpc) is 2.82. The van der Waals surface area contributed by atoms with Crippen LogP contribution in [0.1, 0.15) is 5.82 Å². The van der Waals surface area contributed by atoms with E-state index in [1.54, 1.807) is 17.7 Å². The van der Waals surface area contributed by atoms with E-state index in [2.05, 4.69) is 26.0 Å². The van der Waals surface area contributed by atoms with Crippen LogP contribution in [0.3, 0.4) is 0 Å². The summed E-state index contributed by atoms with van der Waals surface area (Å²) < 4.78 is 17.9. The molecule has 23 heavy (non-hydrogen) atoms. The Bertz CT molecular complexity index is 980. The van der Waals surface area contributed by atoms with Gasteiger partial charge in [-0.1, -0.05) is 15.9 Å². The van der Waals surface area contributed by atoms with E-state index in [1.807, 2.05) is 17.0 Å². The van der Waals surface area contributed by atoms with Gasteiger partial charge in [0.15, 0.2) is 5.82 Å². The largest absolute Gasteiger partial charge is 0.347 e. The minimum absolute atomic E-state index is 0.111. The number of aryl methyl sites for hydroxylation is 1. The molecular formula is C15H13BrFN5O. The molecule has 0 unspecified atom stereocenters. The van der Waals surface area contributed by atoms with E-state index in [0.717, 1.165) is 9.86 Å². The Morgan fingerprint density at radius 3 is 2.91 bits per heavy atom. The van der Waals surface area contributed by atoms with Gasteiger partial charge in [-0.3, -0.25) is 4.57 Å². The lowest BCUT2D eigenvalue weighted by molar-refractivity contribution is 0.545. The highest BCUT2D eigenvalue weighted by molar-refractivity contribution is 9.10. The van der Waals surface area contributed by atoms with E-state index >= 15 is 0 Å². The summed E-state index contributed by atoms with van der Waals surface area (Å²) in [6.07, 6.45) is 1.24. The van der Waals surface area contributed by atoms with Crippen LogP contribution in [0.5, 0.6) is 0 Å². The summed E-state index contributed by atoms with van der Waals surface area (Å²) in [5, 5.41) is 5.53. The van der Waals surface area contributed by atoms with Crippen molar-refractivity contribution in [1.29, 1.82) is 0 Å². The lowest BCUT2D eigenvalue weighted by atomic mass is 10.1. The normalized spacial score (nSPS) is 14.3. The molecule has 4 rings (SSSR count). The van der Waals surface area contributed by atoms with Gasteiger partial charge in [0.2, 0.25) is 0 Å². The lowest BCUT2D eigenvalue weighted by Gasteiger charge is -2.28. The zero-order chi connectivity index (χ0) is 16.1. The summed E-state index contributed by atoms with van der Waals surface area (Å²) in [7, 11) is 1.64. The van der Waals surface area contributed by atoms with Gasteiger partial charge in [-0.15, -0.1) is 0 Å². The van der Waals surface area contributed by atoms with E-state index in [0.29, 0.717) is 36.7 Å². The van der Waals surface area contributed by atoms with Gasteiger partial charge < -0.3 is 4.90 Å². The highest BCUT2D eigenvalue weighted by atomic mass is 79.9. The average molecular weight is 378 g/mol. The Balaban J connectivity index is 1.81. The number of hydrogen-bond acceptors (Lipinski definition) is 4. The molecule has 8 heteroatoms. The maximum Gasteiger partial charge on any atom is 0.345 e. The molecule has 0 aliphatic carbocycles. The van der Waals surface area contributed by atoms with Crippen molar-refractivity contribution in [2.24, 2.45) is 7.05 Å². The number of hydrogen-bond donors (Lipinski definition) is 0. The quantitative estimate of drug-likeness (QED) is 0.651. The monoisotopic (exact) mass is 377 g/mol. The van der Waals surface area contributed by atoms with Gasteiger partial charge in [0.1, 0.15) is 11.6 Å². The van der Waals surface area contributed by atoms with Crippen molar-refractivity contribution in [2.45, 2.75) is 13.1 Å². The third-order valence-corrected chi connectivity index (χ3v) is 4.58. The lowest BCUT2D eigenvalue weighted by Crippen LogP contribution is -2.38. The van der Waals surface area contributed by atoms with E-state index < -0.39 is 0 Å². The molecule has 1 aromatic carbocycles. The van der Waals surface area contributed by atoms with Crippen molar-refractivity contribution >= 4 is 32.5 Å². The Morgan fingerprint density at radius 2 is 2.09 bits per heavy atom. The first-order chi connectivity index (χ1) is 11.0. The van der Waals surface area contributed by atoms with Crippen molar-refractivity contribution in [3.05, 3.63) is 51.0 Å². The molecule has 0 atom stereocenters. The molecular weight excluding hydrogens is 365 g/mol. The first-order valence-corrected chi connectivity index (χ1v) is 7.95. The zero-order valence-electron chi connectivity index (χ0n) is 12.3. The standard InChI is InChI=1S/C15H13BrFN5O/c1-20-15(23)22-5-4-21(8-13(22)19-20)14-10-3-2-9(16)6-11(10)12(17)7-18-14/h2-3,6-7H,4-5,8H2,1H3. The molecule has 0 spiro atoms. The third kappa shape index (κ3) is 2.24. The fourth-order valence-electron chi connectivity index (χ4n) is 2.97. The molecule has 3 heterocycles. The molecule has 2 aromatic heterocycles. The van der Waals surface area contributed by atoms with Gasteiger partial charge in [0.25, 0.3) is 0 Å². The Morgan fingerprint density at radius 1 is 1.26 bits per heavy atom.